The summed E-state index contributed by atoms with van der Waals surface area (Å²) >= 11 is 0. The molecule has 0 aliphatic rings. The average Bonchev–Trinajstić information content (AvgIpc) is 2.39. The summed E-state index contributed by atoms with van der Waals surface area (Å²) in [5.41, 5.74) is 9.90. The van der Waals surface area contributed by atoms with Gasteiger partial charge in [0.25, 0.3) is 0 Å². The van der Waals surface area contributed by atoms with Crippen LogP contribution in [0.2, 0.25) is 0 Å². The molecule has 1 aromatic carbocycles. The number of anilines is 1. The highest BCUT2D eigenvalue weighted by Crippen LogP contribution is 2.17. The molecule has 0 fully saturated rings. The maximum absolute atomic E-state index is 11.6. The lowest BCUT2D eigenvalue weighted by Crippen LogP contribution is -2.38. The van der Waals surface area contributed by atoms with Gasteiger partial charge in [0.1, 0.15) is 7.85 Å². The summed E-state index contributed by atoms with van der Waals surface area (Å²) in [4.78, 5) is 13.2. The molecule has 110 valence electrons. The number of urea groups is 1. The van der Waals surface area contributed by atoms with E-state index >= 15 is 0 Å². The van der Waals surface area contributed by atoms with Crippen LogP contribution in [0.5, 0.6) is 0 Å². The fourth-order valence-electron chi connectivity index (χ4n) is 2.04. The zero-order valence-corrected chi connectivity index (χ0v) is 13.0. The standard InChI is InChI=1S/C15H25BN2O2/c1-4-5-7-20-8-6-18(15(17)19)13-9-11(2)14(16)12(3)10-13/h9-10H,4-8,16H2,1-3H3,(H2,17,19). The summed E-state index contributed by atoms with van der Waals surface area (Å²) in [7, 11) is 2.08. The van der Waals surface area contributed by atoms with Crippen molar-refractivity contribution in [3.05, 3.63) is 23.3 Å². The fourth-order valence-corrected chi connectivity index (χ4v) is 2.04. The van der Waals surface area contributed by atoms with Gasteiger partial charge in [-0.2, -0.15) is 0 Å². The van der Waals surface area contributed by atoms with Gasteiger partial charge in [-0.05, 0) is 32.4 Å². The highest BCUT2D eigenvalue weighted by molar-refractivity contribution is 6.34. The number of ether oxygens (including phenoxy) is 1. The number of aryl methyl sites for hydroxylation is 2. The monoisotopic (exact) mass is 276 g/mol. The van der Waals surface area contributed by atoms with Gasteiger partial charge in [-0.25, -0.2) is 4.79 Å². The van der Waals surface area contributed by atoms with Gasteiger partial charge in [0, 0.05) is 12.3 Å². The second-order valence-corrected chi connectivity index (χ2v) is 5.16. The molecular formula is C15H25BN2O2. The minimum absolute atomic E-state index is 0.438. The second kappa shape index (κ2) is 7.95. The van der Waals surface area contributed by atoms with Crippen molar-refractivity contribution in [2.45, 2.75) is 33.6 Å². The lowest BCUT2D eigenvalue weighted by atomic mass is 9.86. The molecule has 0 bridgehead atoms. The van der Waals surface area contributed by atoms with Gasteiger partial charge in [0.2, 0.25) is 0 Å². The van der Waals surface area contributed by atoms with Crippen molar-refractivity contribution in [3.63, 3.8) is 0 Å². The van der Waals surface area contributed by atoms with E-state index in [0.717, 1.165) is 36.3 Å². The van der Waals surface area contributed by atoms with Crippen molar-refractivity contribution in [1.29, 1.82) is 0 Å². The summed E-state index contributed by atoms with van der Waals surface area (Å²) in [5, 5.41) is 0. The maximum atomic E-state index is 11.6. The van der Waals surface area contributed by atoms with Crippen LogP contribution in [0.25, 0.3) is 0 Å². The van der Waals surface area contributed by atoms with Crippen molar-refractivity contribution in [2.24, 2.45) is 5.73 Å². The van der Waals surface area contributed by atoms with E-state index in [1.54, 1.807) is 4.90 Å². The molecule has 0 radical (unpaired) electrons. The first kappa shape index (κ1) is 16.6. The summed E-state index contributed by atoms with van der Waals surface area (Å²) in [6, 6.07) is 3.56. The number of nitrogens with two attached hydrogens (primary N) is 1. The largest absolute Gasteiger partial charge is 0.380 e. The molecule has 0 heterocycles. The minimum atomic E-state index is -0.438. The highest BCUT2D eigenvalue weighted by atomic mass is 16.5. The summed E-state index contributed by atoms with van der Waals surface area (Å²) in [6.45, 7) is 7.94. The topological polar surface area (TPSA) is 55.6 Å². The second-order valence-electron chi connectivity index (χ2n) is 5.16. The van der Waals surface area contributed by atoms with Gasteiger partial charge in [-0.15, -0.1) is 0 Å². The van der Waals surface area contributed by atoms with E-state index in [1.807, 2.05) is 26.0 Å². The first-order valence-electron chi connectivity index (χ1n) is 7.20. The number of nitrogens with zero attached hydrogens (tertiary/aromatic N) is 1. The Hall–Kier alpha value is -1.49. The molecule has 20 heavy (non-hydrogen) atoms. The van der Waals surface area contributed by atoms with E-state index in [2.05, 4.69) is 14.8 Å². The van der Waals surface area contributed by atoms with Crippen LogP contribution in [0.1, 0.15) is 30.9 Å². The van der Waals surface area contributed by atoms with Crippen LogP contribution >= 0.6 is 0 Å². The lowest BCUT2D eigenvalue weighted by molar-refractivity contribution is 0.137. The lowest BCUT2D eigenvalue weighted by Gasteiger charge is -2.22. The molecule has 5 heteroatoms. The molecule has 0 aliphatic heterocycles. The van der Waals surface area contributed by atoms with E-state index in [1.165, 1.54) is 5.46 Å². The Morgan fingerprint density at radius 2 is 1.90 bits per heavy atom. The molecular weight excluding hydrogens is 251 g/mol. The predicted molar refractivity (Wildman–Crippen MR) is 86.8 cm³/mol. The molecule has 0 saturated heterocycles. The third-order valence-corrected chi connectivity index (χ3v) is 3.59. The molecule has 0 aromatic heterocycles. The Bertz CT molecular complexity index is 440. The van der Waals surface area contributed by atoms with Gasteiger partial charge in [-0.1, -0.05) is 29.9 Å². The van der Waals surface area contributed by atoms with Gasteiger partial charge >= 0.3 is 6.03 Å². The van der Waals surface area contributed by atoms with E-state index < -0.39 is 6.03 Å². The molecule has 2 N–H and O–H groups in total. The number of hydrogen-bond donors (Lipinski definition) is 1. The number of unbranched alkanes of at least 4 members (excludes halogenated alkanes) is 1. The van der Waals surface area contributed by atoms with Gasteiger partial charge < -0.3 is 10.5 Å². The van der Waals surface area contributed by atoms with Crippen LogP contribution in [0.3, 0.4) is 0 Å². The highest BCUT2D eigenvalue weighted by Gasteiger charge is 2.13. The van der Waals surface area contributed by atoms with Gasteiger partial charge in [0.05, 0.1) is 13.2 Å². The number of carbonyl (C=O) groups is 1. The third kappa shape index (κ3) is 4.56. The van der Waals surface area contributed by atoms with Crippen LogP contribution in [0, 0.1) is 13.8 Å². The SMILES string of the molecule is Bc1c(C)cc(N(CCOCCCC)C(N)=O)cc1C. The molecule has 4 nitrogen and oxygen atoms in total. The zero-order valence-electron chi connectivity index (χ0n) is 13.0. The van der Waals surface area contributed by atoms with Crippen LogP contribution in [0.4, 0.5) is 10.5 Å². The number of primary amides is 1. The summed E-state index contributed by atoms with van der Waals surface area (Å²) < 4.78 is 5.51. The van der Waals surface area contributed by atoms with Crippen molar-refractivity contribution in [2.75, 3.05) is 24.7 Å². The van der Waals surface area contributed by atoms with Gasteiger partial charge in [-0.3, -0.25) is 4.90 Å². The van der Waals surface area contributed by atoms with Crippen LogP contribution in [-0.4, -0.2) is 33.6 Å². The zero-order chi connectivity index (χ0) is 15.1. The maximum Gasteiger partial charge on any atom is 0.319 e. The van der Waals surface area contributed by atoms with Crippen molar-refractivity contribution in [1.82, 2.24) is 0 Å². The van der Waals surface area contributed by atoms with Crippen LogP contribution in [-0.2, 0) is 4.74 Å². The number of hydrogen-bond acceptors (Lipinski definition) is 2. The smallest absolute Gasteiger partial charge is 0.319 e. The Labute approximate surface area is 122 Å². The fraction of sp³-hybridized carbons (Fsp3) is 0.533. The molecule has 0 unspecified atom stereocenters. The number of benzene rings is 1. The van der Waals surface area contributed by atoms with E-state index in [-0.39, 0.29) is 0 Å². The average molecular weight is 276 g/mol. The molecule has 0 atom stereocenters. The Morgan fingerprint density at radius 1 is 1.30 bits per heavy atom. The molecule has 0 saturated carbocycles. The van der Waals surface area contributed by atoms with Crippen molar-refractivity contribution in [3.8, 4) is 0 Å². The van der Waals surface area contributed by atoms with Crippen LogP contribution in [0.15, 0.2) is 12.1 Å². The van der Waals surface area contributed by atoms with Crippen LogP contribution < -0.4 is 16.1 Å². The molecule has 0 aliphatic carbocycles. The number of amides is 2. The van der Waals surface area contributed by atoms with E-state index in [9.17, 15) is 4.79 Å². The Balaban J connectivity index is 2.74. The predicted octanol–water partition coefficient (Wildman–Crippen LogP) is 1.26. The molecule has 1 rings (SSSR count). The first-order valence-corrected chi connectivity index (χ1v) is 7.20. The summed E-state index contributed by atoms with van der Waals surface area (Å²) in [6.07, 6.45) is 2.15. The Kier molecular flexibility index (Phi) is 6.59. The summed E-state index contributed by atoms with van der Waals surface area (Å²) in [5.74, 6) is 0. The minimum Gasteiger partial charge on any atom is -0.380 e. The van der Waals surface area contributed by atoms with Crippen molar-refractivity contribution >= 4 is 25.0 Å². The first-order chi connectivity index (χ1) is 9.47. The third-order valence-electron chi connectivity index (χ3n) is 3.59. The number of carbonyl (C=O) groups excluding carboxylic acids is 1. The van der Waals surface area contributed by atoms with E-state index in [0.29, 0.717) is 13.2 Å². The van der Waals surface area contributed by atoms with Crippen molar-refractivity contribution < 1.29 is 9.53 Å². The Morgan fingerprint density at radius 3 is 2.40 bits per heavy atom. The quantitative estimate of drug-likeness (QED) is 0.602. The number of rotatable bonds is 7. The molecule has 1 aromatic rings. The van der Waals surface area contributed by atoms with E-state index in [4.69, 9.17) is 10.5 Å². The molecule has 2 amide bonds. The molecule has 0 spiro atoms. The van der Waals surface area contributed by atoms with Gasteiger partial charge in [0.15, 0.2) is 0 Å². The normalized spacial score (nSPS) is 10.6.